The van der Waals surface area contributed by atoms with Gasteiger partial charge in [0.1, 0.15) is 0 Å². The first-order valence-corrected chi connectivity index (χ1v) is 9.17. The minimum absolute atomic E-state index is 0. The van der Waals surface area contributed by atoms with Crippen molar-refractivity contribution >= 4 is 29.9 Å². The van der Waals surface area contributed by atoms with Crippen molar-refractivity contribution in [2.45, 2.75) is 25.8 Å². The van der Waals surface area contributed by atoms with E-state index < -0.39 is 0 Å². The number of rotatable bonds is 8. The molecule has 0 bridgehead atoms. The highest BCUT2D eigenvalue weighted by atomic mass is 127. The maximum absolute atomic E-state index is 5.40. The summed E-state index contributed by atoms with van der Waals surface area (Å²) in [6.07, 6.45) is 3.99. The molecule has 0 atom stereocenters. The summed E-state index contributed by atoms with van der Waals surface area (Å²) in [4.78, 5) is 6.80. The maximum Gasteiger partial charge on any atom is 0.203 e. The molecule has 1 saturated heterocycles. The summed E-state index contributed by atoms with van der Waals surface area (Å²) < 4.78 is 16.2. The van der Waals surface area contributed by atoms with Gasteiger partial charge >= 0.3 is 0 Å². The minimum atomic E-state index is 0. The van der Waals surface area contributed by atoms with E-state index in [0.29, 0.717) is 23.8 Å². The zero-order chi connectivity index (χ0) is 18.8. The van der Waals surface area contributed by atoms with Gasteiger partial charge in [-0.2, -0.15) is 0 Å². The Hall–Kier alpha value is -1.42. The van der Waals surface area contributed by atoms with Crippen molar-refractivity contribution in [1.29, 1.82) is 0 Å². The average Bonchev–Trinajstić information content (AvgIpc) is 2.70. The number of benzene rings is 1. The number of halogens is 1. The Balaban J connectivity index is 0.00000364. The predicted octanol–water partition coefficient (Wildman–Crippen LogP) is 2.48. The van der Waals surface area contributed by atoms with Crippen molar-refractivity contribution < 1.29 is 14.2 Å². The first-order valence-electron chi connectivity index (χ1n) is 9.17. The lowest BCUT2D eigenvalue weighted by Crippen LogP contribution is -2.42. The number of hydrogen-bond donors (Lipinski definition) is 2. The van der Waals surface area contributed by atoms with Crippen molar-refractivity contribution in [3.05, 3.63) is 17.7 Å². The molecule has 0 aliphatic carbocycles. The first kappa shape index (κ1) is 23.6. The molecule has 1 heterocycles. The van der Waals surface area contributed by atoms with Gasteiger partial charge in [0.05, 0.1) is 21.3 Å². The molecule has 8 heteroatoms. The standard InChI is InChI=1S/C19H32N4O3.HI/c1-20-19(21-8-11-23-9-6-5-7-10-23)22-14-15-12-16(24-2)18(26-4)17(13-15)25-3;/h12-13H,5-11,14H2,1-4H3,(H2,20,21,22);1H. The van der Waals surface area contributed by atoms with Crippen molar-refractivity contribution in [2.24, 2.45) is 4.99 Å². The van der Waals surface area contributed by atoms with Crippen LogP contribution in [0.15, 0.2) is 17.1 Å². The molecule has 0 spiro atoms. The molecular weight excluding hydrogens is 459 g/mol. The second kappa shape index (κ2) is 12.9. The van der Waals surface area contributed by atoms with E-state index in [2.05, 4.69) is 20.5 Å². The van der Waals surface area contributed by atoms with E-state index in [1.807, 2.05) is 12.1 Å². The maximum atomic E-state index is 5.40. The molecule has 1 fully saturated rings. The van der Waals surface area contributed by atoms with Crippen LogP contribution in [0.1, 0.15) is 24.8 Å². The van der Waals surface area contributed by atoms with Crippen LogP contribution < -0.4 is 24.8 Å². The highest BCUT2D eigenvalue weighted by molar-refractivity contribution is 14.0. The number of piperidine rings is 1. The van der Waals surface area contributed by atoms with Crippen molar-refractivity contribution in [3.8, 4) is 17.2 Å². The van der Waals surface area contributed by atoms with Crippen LogP contribution in [0, 0.1) is 0 Å². The fourth-order valence-corrected chi connectivity index (χ4v) is 3.16. The highest BCUT2D eigenvalue weighted by Crippen LogP contribution is 2.38. The summed E-state index contributed by atoms with van der Waals surface area (Å²) in [6.45, 7) is 4.96. The Bertz CT molecular complexity index is 567. The summed E-state index contributed by atoms with van der Waals surface area (Å²) in [5.41, 5.74) is 1.03. The second-order valence-corrected chi connectivity index (χ2v) is 6.29. The van der Waals surface area contributed by atoms with Crippen LogP contribution in [0.25, 0.3) is 0 Å². The summed E-state index contributed by atoms with van der Waals surface area (Å²) in [5, 5.41) is 6.71. The SMILES string of the molecule is CN=C(NCCN1CCCCC1)NCc1cc(OC)c(OC)c(OC)c1.I. The molecule has 0 unspecified atom stereocenters. The van der Waals surface area contributed by atoms with E-state index in [0.717, 1.165) is 24.6 Å². The van der Waals surface area contributed by atoms with E-state index in [4.69, 9.17) is 14.2 Å². The Morgan fingerprint density at radius 3 is 2.15 bits per heavy atom. The fourth-order valence-electron chi connectivity index (χ4n) is 3.16. The molecule has 27 heavy (non-hydrogen) atoms. The van der Waals surface area contributed by atoms with Gasteiger partial charge in [0, 0.05) is 26.7 Å². The molecule has 2 rings (SSSR count). The van der Waals surface area contributed by atoms with Crippen molar-refractivity contribution in [2.75, 3.05) is 54.6 Å². The Kier molecular flexibility index (Phi) is 11.3. The number of ether oxygens (including phenoxy) is 3. The lowest BCUT2D eigenvalue weighted by atomic mass is 10.1. The van der Waals surface area contributed by atoms with Crippen LogP contribution in [-0.2, 0) is 6.54 Å². The molecule has 1 aromatic rings. The molecule has 0 radical (unpaired) electrons. The molecule has 0 aromatic heterocycles. The van der Waals surface area contributed by atoms with Gasteiger partial charge in [-0.15, -0.1) is 24.0 Å². The van der Waals surface area contributed by atoms with E-state index in [1.54, 1.807) is 28.4 Å². The van der Waals surface area contributed by atoms with Gasteiger partial charge in [-0.25, -0.2) is 0 Å². The zero-order valence-corrected chi connectivity index (χ0v) is 19.2. The van der Waals surface area contributed by atoms with Gasteiger partial charge in [-0.05, 0) is 43.6 Å². The molecule has 1 aromatic carbocycles. The van der Waals surface area contributed by atoms with Gasteiger partial charge in [0.2, 0.25) is 5.75 Å². The smallest absolute Gasteiger partial charge is 0.203 e. The zero-order valence-electron chi connectivity index (χ0n) is 16.8. The van der Waals surface area contributed by atoms with E-state index in [1.165, 1.54) is 32.4 Å². The van der Waals surface area contributed by atoms with Gasteiger partial charge < -0.3 is 29.7 Å². The second-order valence-electron chi connectivity index (χ2n) is 6.29. The van der Waals surface area contributed by atoms with Crippen molar-refractivity contribution in [1.82, 2.24) is 15.5 Å². The molecule has 1 aliphatic rings. The quantitative estimate of drug-likeness (QED) is 0.330. The third-order valence-electron chi connectivity index (χ3n) is 4.58. The Morgan fingerprint density at radius 2 is 1.63 bits per heavy atom. The van der Waals surface area contributed by atoms with Gasteiger partial charge in [0.15, 0.2) is 17.5 Å². The van der Waals surface area contributed by atoms with Gasteiger partial charge in [-0.3, -0.25) is 4.99 Å². The normalized spacial score (nSPS) is 14.9. The molecule has 0 saturated carbocycles. The number of methoxy groups -OCH3 is 3. The van der Waals surface area contributed by atoms with Crippen molar-refractivity contribution in [3.63, 3.8) is 0 Å². The summed E-state index contributed by atoms with van der Waals surface area (Å²) >= 11 is 0. The molecule has 7 nitrogen and oxygen atoms in total. The highest BCUT2D eigenvalue weighted by Gasteiger charge is 2.13. The predicted molar refractivity (Wildman–Crippen MR) is 120 cm³/mol. The summed E-state index contributed by atoms with van der Waals surface area (Å²) in [7, 11) is 6.63. The van der Waals surface area contributed by atoms with Crippen LogP contribution in [0.2, 0.25) is 0 Å². The van der Waals surface area contributed by atoms with Crippen LogP contribution in [-0.4, -0.2) is 65.4 Å². The number of hydrogen-bond acceptors (Lipinski definition) is 5. The number of likely N-dealkylation sites (tertiary alicyclic amines) is 1. The molecule has 2 N–H and O–H groups in total. The van der Waals surface area contributed by atoms with Crippen LogP contribution in [0.3, 0.4) is 0 Å². The molecular formula is C19H33IN4O3. The van der Waals surface area contributed by atoms with Crippen LogP contribution >= 0.6 is 24.0 Å². The number of nitrogens with zero attached hydrogens (tertiary/aromatic N) is 2. The monoisotopic (exact) mass is 492 g/mol. The minimum Gasteiger partial charge on any atom is -0.493 e. The average molecular weight is 492 g/mol. The Morgan fingerprint density at radius 1 is 1.00 bits per heavy atom. The lowest BCUT2D eigenvalue weighted by Gasteiger charge is -2.26. The fraction of sp³-hybridized carbons (Fsp3) is 0.632. The van der Waals surface area contributed by atoms with E-state index in [-0.39, 0.29) is 24.0 Å². The largest absolute Gasteiger partial charge is 0.493 e. The summed E-state index contributed by atoms with van der Waals surface area (Å²) in [5.74, 6) is 2.69. The number of nitrogens with one attached hydrogen (secondary N) is 2. The van der Waals surface area contributed by atoms with Crippen LogP contribution in [0.4, 0.5) is 0 Å². The van der Waals surface area contributed by atoms with Crippen LogP contribution in [0.5, 0.6) is 17.2 Å². The Labute approximate surface area is 179 Å². The molecule has 1 aliphatic heterocycles. The first-order chi connectivity index (χ1) is 12.7. The van der Waals surface area contributed by atoms with Gasteiger partial charge in [-0.1, -0.05) is 6.42 Å². The molecule has 0 amide bonds. The lowest BCUT2D eigenvalue weighted by molar-refractivity contribution is 0.232. The number of guanidine groups is 1. The number of aliphatic imine (C=N–C) groups is 1. The van der Waals surface area contributed by atoms with E-state index >= 15 is 0 Å². The van der Waals surface area contributed by atoms with E-state index in [9.17, 15) is 0 Å². The van der Waals surface area contributed by atoms with Gasteiger partial charge in [0.25, 0.3) is 0 Å². The third kappa shape index (κ3) is 7.25. The summed E-state index contributed by atoms with van der Waals surface area (Å²) in [6, 6.07) is 3.88. The topological polar surface area (TPSA) is 67.4 Å². The molecule has 154 valence electrons. The third-order valence-corrected chi connectivity index (χ3v) is 4.58.